The Hall–Kier alpha value is -1.75. The molecular formula is C16H24N2O3. The number of benzene rings is 1. The van der Waals surface area contributed by atoms with Crippen molar-refractivity contribution in [1.82, 2.24) is 4.90 Å². The van der Waals surface area contributed by atoms with Crippen LogP contribution in [0.4, 0.5) is 0 Å². The van der Waals surface area contributed by atoms with Crippen LogP contribution in [0.15, 0.2) is 24.3 Å². The van der Waals surface area contributed by atoms with Gasteiger partial charge in [0.15, 0.2) is 6.61 Å². The average molecular weight is 292 g/mol. The lowest BCUT2D eigenvalue weighted by atomic mass is 9.91. The zero-order valence-corrected chi connectivity index (χ0v) is 12.7. The monoisotopic (exact) mass is 292 g/mol. The Morgan fingerprint density at radius 2 is 2.05 bits per heavy atom. The summed E-state index contributed by atoms with van der Waals surface area (Å²) in [7, 11) is 1.60. The molecule has 1 amide bonds. The second kappa shape index (κ2) is 7.31. The fourth-order valence-corrected chi connectivity index (χ4v) is 2.60. The van der Waals surface area contributed by atoms with E-state index < -0.39 is 0 Å². The number of likely N-dealkylation sites (tertiary alicyclic amines) is 1. The molecule has 1 fully saturated rings. The molecule has 5 heteroatoms. The maximum absolute atomic E-state index is 12.1. The van der Waals surface area contributed by atoms with E-state index in [2.05, 4.69) is 0 Å². The molecule has 1 aliphatic heterocycles. The molecule has 2 N–H and O–H groups in total. The molecule has 5 nitrogen and oxygen atoms in total. The van der Waals surface area contributed by atoms with Gasteiger partial charge in [0, 0.05) is 25.2 Å². The van der Waals surface area contributed by atoms with Gasteiger partial charge in [-0.2, -0.15) is 0 Å². The van der Waals surface area contributed by atoms with Crippen LogP contribution in [0, 0.1) is 5.92 Å². The minimum atomic E-state index is 0.0287. The first-order valence-electron chi connectivity index (χ1n) is 7.40. The minimum Gasteiger partial charge on any atom is -0.497 e. The summed E-state index contributed by atoms with van der Waals surface area (Å²) in [6.07, 6.45) is 1.95. The summed E-state index contributed by atoms with van der Waals surface area (Å²) in [5, 5.41) is 0. The number of amides is 1. The first kappa shape index (κ1) is 15.6. The van der Waals surface area contributed by atoms with Crippen LogP contribution in [0.5, 0.6) is 11.5 Å². The molecule has 0 aliphatic carbocycles. The number of carbonyl (C=O) groups is 1. The second-order valence-corrected chi connectivity index (χ2v) is 5.54. The van der Waals surface area contributed by atoms with E-state index in [0.29, 0.717) is 11.7 Å². The fraction of sp³-hybridized carbons (Fsp3) is 0.562. The van der Waals surface area contributed by atoms with Gasteiger partial charge in [0.25, 0.3) is 5.91 Å². The van der Waals surface area contributed by atoms with Gasteiger partial charge in [-0.15, -0.1) is 0 Å². The molecule has 0 aromatic heterocycles. The number of carbonyl (C=O) groups excluding carboxylic acids is 1. The van der Waals surface area contributed by atoms with Crippen molar-refractivity contribution in [3.63, 3.8) is 0 Å². The number of nitrogens with two attached hydrogens (primary N) is 1. The number of hydrogen-bond acceptors (Lipinski definition) is 4. The van der Waals surface area contributed by atoms with Gasteiger partial charge < -0.3 is 20.1 Å². The zero-order chi connectivity index (χ0) is 15.2. The van der Waals surface area contributed by atoms with Crippen molar-refractivity contribution in [2.45, 2.75) is 25.8 Å². The maximum atomic E-state index is 12.1. The summed E-state index contributed by atoms with van der Waals surface area (Å²) in [5.74, 6) is 1.92. The summed E-state index contributed by atoms with van der Waals surface area (Å²) < 4.78 is 10.7. The Morgan fingerprint density at radius 3 is 2.67 bits per heavy atom. The highest BCUT2D eigenvalue weighted by Crippen LogP contribution is 2.21. The van der Waals surface area contributed by atoms with E-state index in [0.717, 1.165) is 31.7 Å². The van der Waals surface area contributed by atoms with E-state index in [1.807, 2.05) is 30.0 Å². The fourth-order valence-electron chi connectivity index (χ4n) is 2.60. The number of piperidine rings is 1. The van der Waals surface area contributed by atoms with E-state index in [1.165, 1.54) is 0 Å². The predicted molar refractivity (Wildman–Crippen MR) is 81.4 cm³/mol. The number of methoxy groups -OCH3 is 1. The molecule has 1 aromatic carbocycles. The molecule has 1 atom stereocenters. The smallest absolute Gasteiger partial charge is 0.260 e. The molecule has 0 spiro atoms. The van der Waals surface area contributed by atoms with Gasteiger partial charge in [-0.25, -0.2) is 0 Å². The van der Waals surface area contributed by atoms with Crippen LogP contribution in [0.3, 0.4) is 0 Å². The van der Waals surface area contributed by atoms with Gasteiger partial charge >= 0.3 is 0 Å². The lowest BCUT2D eigenvalue weighted by Crippen LogP contribution is -2.44. The van der Waals surface area contributed by atoms with Crippen molar-refractivity contribution in [1.29, 1.82) is 0 Å². The first-order valence-corrected chi connectivity index (χ1v) is 7.40. The van der Waals surface area contributed by atoms with Crippen LogP contribution < -0.4 is 15.2 Å². The molecule has 21 heavy (non-hydrogen) atoms. The zero-order valence-electron chi connectivity index (χ0n) is 12.7. The van der Waals surface area contributed by atoms with Crippen LogP contribution in [-0.2, 0) is 4.79 Å². The normalized spacial score (nSPS) is 17.4. The molecule has 1 saturated heterocycles. The molecule has 0 radical (unpaired) electrons. The van der Waals surface area contributed by atoms with Crippen molar-refractivity contribution in [2.75, 3.05) is 26.8 Å². The number of ether oxygens (including phenoxy) is 2. The molecule has 2 rings (SSSR count). The van der Waals surface area contributed by atoms with Crippen LogP contribution >= 0.6 is 0 Å². The van der Waals surface area contributed by atoms with Crippen molar-refractivity contribution in [3.8, 4) is 11.5 Å². The lowest BCUT2D eigenvalue weighted by Gasteiger charge is -2.33. The Morgan fingerprint density at radius 1 is 1.38 bits per heavy atom. The summed E-state index contributed by atoms with van der Waals surface area (Å²) in [6, 6.07) is 7.48. The summed E-state index contributed by atoms with van der Waals surface area (Å²) in [4.78, 5) is 14.0. The first-order chi connectivity index (χ1) is 10.1. The van der Waals surface area contributed by atoms with Crippen molar-refractivity contribution in [2.24, 2.45) is 11.7 Å². The van der Waals surface area contributed by atoms with E-state index >= 15 is 0 Å². The van der Waals surface area contributed by atoms with E-state index in [1.54, 1.807) is 13.2 Å². The van der Waals surface area contributed by atoms with E-state index in [-0.39, 0.29) is 18.6 Å². The SMILES string of the molecule is COc1cccc(OCC(=O)N2CCC(C(C)N)CC2)c1. The number of nitrogens with zero attached hydrogens (tertiary/aromatic N) is 1. The van der Waals surface area contributed by atoms with Gasteiger partial charge in [-0.1, -0.05) is 6.07 Å². The molecule has 0 saturated carbocycles. The average Bonchev–Trinajstić information content (AvgIpc) is 2.53. The number of hydrogen-bond donors (Lipinski definition) is 1. The van der Waals surface area contributed by atoms with Gasteiger partial charge in [0.05, 0.1) is 7.11 Å². The minimum absolute atomic E-state index is 0.0287. The Labute approximate surface area is 126 Å². The highest BCUT2D eigenvalue weighted by atomic mass is 16.5. The van der Waals surface area contributed by atoms with Crippen LogP contribution in [0.2, 0.25) is 0 Å². The third-order valence-corrected chi connectivity index (χ3v) is 4.04. The van der Waals surface area contributed by atoms with Crippen molar-refractivity contribution >= 4 is 5.91 Å². The van der Waals surface area contributed by atoms with E-state index in [9.17, 15) is 4.79 Å². The summed E-state index contributed by atoms with van der Waals surface area (Å²) in [5.41, 5.74) is 5.91. The Kier molecular flexibility index (Phi) is 5.44. The summed E-state index contributed by atoms with van der Waals surface area (Å²) >= 11 is 0. The van der Waals surface area contributed by atoms with Crippen LogP contribution in [0.25, 0.3) is 0 Å². The standard InChI is InChI=1S/C16H24N2O3/c1-12(17)13-6-8-18(9-7-13)16(19)11-21-15-5-3-4-14(10-15)20-2/h3-5,10,12-13H,6-9,11,17H2,1-2H3. The van der Waals surface area contributed by atoms with E-state index in [4.69, 9.17) is 15.2 Å². The van der Waals surface area contributed by atoms with Gasteiger partial charge in [0.1, 0.15) is 11.5 Å². The number of rotatable bonds is 5. The Balaban J connectivity index is 1.80. The van der Waals surface area contributed by atoms with Crippen LogP contribution in [-0.4, -0.2) is 43.7 Å². The van der Waals surface area contributed by atoms with Crippen LogP contribution in [0.1, 0.15) is 19.8 Å². The molecule has 1 heterocycles. The lowest BCUT2D eigenvalue weighted by molar-refractivity contribution is -0.134. The molecular weight excluding hydrogens is 268 g/mol. The Bertz CT molecular complexity index is 468. The predicted octanol–water partition coefficient (Wildman–Crippen LogP) is 1.66. The second-order valence-electron chi connectivity index (χ2n) is 5.54. The van der Waals surface area contributed by atoms with Crippen molar-refractivity contribution < 1.29 is 14.3 Å². The highest BCUT2D eigenvalue weighted by Gasteiger charge is 2.24. The molecule has 0 bridgehead atoms. The van der Waals surface area contributed by atoms with Gasteiger partial charge in [-0.3, -0.25) is 4.79 Å². The molecule has 1 aromatic rings. The largest absolute Gasteiger partial charge is 0.497 e. The summed E-state index contributed by atoms with van der Waals surface area (Å²) in [6.45, 7) is 3.64. The third kappa shape index (κ3) is 4.36. The highest BCUT2D eigenvalue weighted by molar-refractivity contribution is 5.77. The molecule has 1 unspecified atom stereocenters. The quantitative estimate of drug-likeness (QED) is 0.896. The van der Waals surface area contributed by atoms with Gasteiger partial charge in [0.2, 0.25) is 0 Å². The maximum Gasteiger partial charge on any atom is 0.260 e. The molecule has 1 aliphatic rings. The molecule has 116 valence electrons. The third-order valence-electron chi connectivity index (χ3n) is 4.04. The van der Waals surface area contributed by atoms with Gasteiger partial charge in [-0.05, 0) is 37.8 Å². The topological polar surface area (TPSA) is 64.8 Å². The van der Waals surface area contributed by atoms with Crippen molar-refractivity contribution in [3.05, 3.63) is 24.3 Å².